The summed E-state index contributed by atoms with van der Waals surface area (Å²) in [5.41, 5.74) is -0.417. The maximum atomic E-state index is 12.2. The summed E-state index contributed by atoms with van der Waals surface area (Å²) in [5.74, 6) is -1.08. The van der Waals surface area contributed by atoms with Crippen LogP contribution in [-0.2, 0) is 9.59 Å². The zero-order valence-corrected chi connectivity index (χ0v) is 13.1. The van der Waals surface area contributed by atoms with E-state index in [1.807, 2.05) is 41.5 Å². The average Bonchev–Trinajstić information content (AvgIpc) is 2.10. The number of carbonyl (C=O) groups excluding carboxylic acids is 2. The van der Waals surface area contributed by atoms with Gasteiger partial charge in [-0.05, 0) is 10.8 Å². The van der Waals surface area contributed by atoms with Gasteiger partial charge in [0.05, 0.1) is 10.1 Å². The normalized spacial score (nSPS) is 18.9. The highest BCUT2D eigenvalue weighted by molar-refractivity contribution is 6.58. The molecule has 0 bridgehead atoms. The smallest absolute Gasteiger partial charge is 0.231 e. The summed E-state index contributed by atoms with van der Waals surface area (Å²) >= 11 is 12.4. The Morgan fingerprint density at radius 3 is 1.06 bits per heavy atom. The summed E-state index contributed by atoms with van der Waals surface area (Å²) in [7, 11) is 0. The number of hydrogen-bond acceptors (Lipinski definition) is 2. The van der Waals surface area contributed by atoms with E-state index in [1.54, 1.807) is 0 Å². The fourth-order valence-electron chi connectivity index (χ4n) is 1.99. The summed E-state index contributed by atoms with van der Waals surface area (Å²) in [4.78, 5) is 24.4. The molecule has 0 saturated carbocycles. The van der Waals surface area contributed by atoms with Crippen molar-refractivity contribution in [1.82, 2.24) is 0 Å². The van der Waals surface area contributed by atoms with Gasteiger partial charge in [0.2, 0.25) is 11.6 Å². The molecule has 0 aliphatic heterocycles. The number of allylic oxidation sites excluding steroid dienone is 4. The highest BCUT2D eigenvalue weighted by Gasteiger charge is 2.42. The summed E-state index contributed by atoms with van der Waals surface area (Å²) in [6.07, 6.45) is 0. The van der Waals surface area contributed by atoms with Crippen molar-refractivity contribution in [1.29, 1.82) is 0 Å². The lowest BCUT2D eigenvalue weighted by Crippen LogP contribution is -2.34. The fourth-order valence-corrected chi connectivity index (χ4v) is 2.91. The Bertz CT molecular complexity index is 437. The fraction of sp³-hybridized carbons (Fsp3) is 0.571. The Balaban J connectivity index is 3.62. The molecule has 0 heterocycles. The lowest BCUT2D eigenvalue weighted by atomic mass is 9.73. The molecule has 100 valence electrons. The van der Waals surface area contributed by atoms with Crippen LogP contribution in [0.4, 0.5) is 0 Å². The SMILES string of the molecule is CC(C)(C)C1=C(Cl)C(Cl)=C(C(C)(C)C)C(=O)C1=O. The number of hydrogen-bond donors (Lipinski definition) is 0. The second-order valence-corrected chi connectivity index (χ2v) is 7.29. The van der Waals surface area contributed by atoms with Crippen LogP contribution >= 0.6 is 23.2 Å². The Hall–Kier alpha value is -0.600. The summed E-state index contributed by atoms with van der Waals surface area (Å²) in [5, 5.41) is 0.414. The van der Waals surface area contributed by atoms with Gasteiger partial charge in [-0.2, -0.15) is 0 Å². The van der Waals surface area contributed by atoms with Gasteiger partial charge in [0.15, 0.2) is 0 Å². The van der Waals surface area contributed by atoms with E-state index in [9.17, 15) is 9.59 Å². The molecule has 0 fully saturated rings. The molecule has 0 saturated heterocycles. The van der Waals surface area contributed by atoms with Crippen molar-refractivity contribution in [2.75, 3.05) is 0 Å². The highest BCUT2D eigenvalue weighted by Crippen LogP contribution is 2.44. The molecular formula is C14H18Cl2O2. The Morgan fingerprint density at radius 2 is 0.889 bits per heavy atom. The third-order valence-corrected chi connectivity index (χ3v) is 3.64. The molecule has 0 unspecified atom stereocenters. The van der Waals surface area contributed by atoms with Crippen LogP contribution in [0.2, 0.25) is 0 Å². The predicted octanol–water partition coefficient (Wildman–Crippen LogP) is 4.22. The standard InChI is InChI=1S/C14H18Cl2O2/c1-13(2,3)7-9(15)10(16)8(14(4,5)6)12(18)11(7)17/h1-6H3. The van der Waals surface area contributed by atoms with Crippen molar-refractivity contribution in [2.45, 2.75) is 41.5 Å². The first-order valence-electron chi connectivity index (χ1n) is 5.79. The lowest BCUT2D eigenvalue weighted by molar-refractivity contribution is -0.133. The topological polar surface area (TPSA) is 34.1 Å². The van der Waals surface area contributed by atoms with Crippen LogP contribution in [0.15, 0.2) is 21.2 Å². The Morgan fingerprint density at radius 1 is 0.667 bits per heavy atom. The molecular weight excluding hydrogens is 271 g/mol. The zero-order valence-electron chi connectivity index (χ0n) is 11.6. The van der Waals surface area contributed by atoms with Crippen LogP contribution in [0.1, 0.15) is 41.5 Å². The maximum Gasteiger partial charge on any atom is 0.231 e. The van der Waals surface area contributed by atoms with Crippen molar-refractivity contribution in [3.05, 3.63) is 21.2 Å². The molecule has 4 heteroatoms. The number of halogens is 2. The molecule has 0 aromatic carbocycles. The summed E-state index contributed by atoms with van der Waals surface area (Å²) in [6, 6.07) is 0. The van der Waals surface area contributed by atoms with Gasteiger partial charge in [-0.3, -0.25) is 9.59 Å². The highest BCUT2D eigenvalue weighted by atomic mass is 35.5. The minimum Gasteiger partial charge on any atom is -0.285 e. The van der Waals surface area contributed by atoms with Gasteiger partial charge in [-0.25, -0.2) is 0 Å². The molecule has 1 aliphatic carbocycles. The molecule has 1 rings (SSSR count). The van der Waals surface area contributed by atoms with Gasteiger partial charge in [0.1, 0.15) is 0 Å². The lowest BCUT2D eigenvalue weighted by Gasteiger charge is -2.31. The van der Waals surface area contributed by atoms with E-state index in [1.165, 1.54) is 0 Å². The number of carbonyl (C=O) groups is 2. The molecule has 0 spiro atoms. The van der Waals surface area contributed by atoms with Crippen molar-refractivity contribution in [3.63, 3.8) is 0 Å². The monoisotopic (exact) mass is 288 g/mol. The van der Waals surface area contributed by atoms with Crippen LogP contribution in [0.25, 0.3) is 0 Å². The largest absolute Gasteiger partial charge is 0.285 e. The first-order valence-corrected chi connectivity index (χ1v) is 6.54. The quantitative estimate of drug-likeness (QED) is 0.494. The van der Waals surface area contributed by atoms with Gasteiger partial charge in [0.25, 0.3) is 0 Å². The Kier molecular flexibility index (Phi) is 3.86. The molecule has 0 aromatic heterocycles. The molecule has 0 N–H and O–H groups in total. The number of rotatable bonds is 0. The molecule has 0 aromatic rings. The van der Waals surface area contributed by atoms with Gasteiger partial charge in [-0.1, -0.05) is 64.7 Å². The third kappa shape index (κ3) is 2.55. The second-order valence-electron chi connectivity index (χ2n) is 6.54. The number of Topliss-reactive ketones (excluding diaryl/α,β-unsaturated/α-hetero) is 2. The third-order valence-electron chi connectivity index (χ3n) is 2.79. The van der Waals surface area contributed by atoms with E-state index in [0.29, 0.717) is 11.1 Å². The van der Waals surface area contributed by atoms with E-state index in [0.717, 1.165) is 0 Å². The van der Waals surface area contributed by atoms with Crippen LogP contribution in [0.5, 0.6) is 0 Å². The Labute approximate surface area is 118 Å². The minimum atomic E-state index is -0.540. The number of ketones is 2. The van der Waals surface area contributed by atoms with Crippen LogP contribution in [0.3, 0.4) is 0 Å². The van der Waals surface area contributed by atoms with Crippen LogP contribution in [0, 0.1) is 10.8 Å². The van der Waals surface area contributed by atoms with Crippen molar-refractivity contribution < 1.29 is 9.59 Å². The molecule has 0 atom stereocenters. The zero-order chi connectivity index (χ0) is 14.5. The predicted molar refractivity (Wildman–Crippen MR) is 74.7 cm³/mol. The summed E-state index contributed by atoms with van der Waals surface area (Å²) < 4.78 is 0. The molecule has 1 aliphatic rings. The van der Waals surface area contributed by atoms with E-state index >= 15 is 0 Å². The maximum absolute atomic E-state index is 12.2. The summed E-state index contributed by atoms with van der Waals surface area (Å²) in [6.45, 7) is 11.0. The van der Waals surface area contributed by atoms with Crippen LogP contribution in [-0.4, -0.2) is 11.6 Å². The van der Waals surface area contributed by atoms with Gasteiger partial charge >= 0.3 is 0 Å². The van der Waals surface area contributed by atoms with Gasteiger partial charge in [0, 0.05) is 11.1 Å². The van der Waals surface area contributed by atoms with Crippen LogP contribution < -0.4 is 0 Å². The molecule has 0 amide bonds. The van der Waals surface area contributed by atoms with E-state index in [2.05, 4.69) is 0 Å². The van der Waals surface area contributed by atoms with Crippen molar-refractivity contribution >= 4 is 34.8 Å². The van der Waals surface area contributed by atoms with Crippen molar-refractivity contribution in [3.8, 4) is 0 Å². The van der Waals surface area contributed by atoms with E-state index < -0.39 is 22.4 Å². The van der Waals surface area contributed by atoms with Gasteiger partial charge < -0.3 is 0 Å². The van der Waals surface area contributed by atoms with Gasteiger partial charge in [-0.15, -0.1) is 0 Å². The first kappa shape index (κ1) is 15.5. The van der Waals surface area contributed by atoms with E-state index in [-0.39, 0.29) is 10.1 Å². The van der Waals surface area contributed by atoms with Crippen molar-refractivity contribution in [2.24, 2.45) is 10.8 Å². The second kappa shape index (κ2) is 4.50. The minimum absolute atomic E-state index is 0.207. The molecule has 0 radical (unpaired) electrons. The molecule has 18 heavy (non-hydrogen) atoms. The van der Waals surface area contributed by atoms with E-state index in [4.69, 9.17) is 23.2 Å². The molecule has 2 nitrogen and oxygen atoms in total. The average molecular weight is 289 g/mol. The first-order chi connectivity index (χ1) is 7.89.